The molecule has 0 aliphatic carbocycles. The first-order chi connectivity index (χ1) is 23.9. The number of piperidine rings is 1. The van der Waals surface area contributed by atoms with E-state index in [0.29, 0.717) is 56.8 Å². The molecule has 3 atom stereocenters. The highest BCUT2D eigenvalue weighted by molar-refractivity contribution is 5.93. The van der Waals surface area contributed by atoms with Gasteiger partial charge in [0.1, 0.15) is 0 Å². The quantitative estimate of drug-likeness (QED) is 0.146. The van der Waals surface area contributed by atoms with Crippen LogP contribution in [0.4, 0.5) is 11.4 Å². The van der Waals surface area contributed by atoms with E-state index in [0.717, 1.165) is 61.2 Å². The molecule has 2 amide bonds. The van der Waals surface area contributed by atoms with Crippen molar-refractivity contribution in [3.8, 4) is 0 Å². The van der Waals surface area contributed by atoms with Crippen LogP contribution in [0.1, 0.15) is 79.6 Å². The Morgan fingerprint density at radius 2 is 1.49 bits per heavy atom. The van der Waals surface area contributed by atoms with Gasteiger partial charge >= 0.3 is 0 Å². The minimum absolute atomic E-state index is 0.00101. The van der Waals surface area contributed by atoms with Crippen molar-refractivity contribution in [2.24, 2.45) is 0 Å². The number of carbonyl (C=O) groups is 2. The molecule has 11 heteroatoms. The molecule has 3 fully saturated rings. The van der Waals surface area contributed by atoms with Gasteiger partial charge < -0.3 is 45.3 Å². The number of nitrogens with two attached hydrogens (primary N) is 1. The summed E-state index contributed by atoms with van der Waals surface area (Å²) >= 11 is 0. The van der Waals surface area contributed by atoms with Crippen LogP contribution in [0.15, 0.2) is 72.8 Å². The highest BCUT2D eigenvalue weighted by atomic mass is 16.7. The molecule has 3 aliphatic heterocycles. The molecule has 3 aliphatic rings. The van der Waals surface area contributed by atoms with Gasteiger partial charge in [-0.3, -0.25) is 9.59 Å². The second-order valence-electron chi connectivity index (χ2n) is 13.1. The lowest BCUT2D eigenvalue weighted by Crippen LogP contribution is -2.48. The Bertz CT molecular complexity index is 1520. The standard InChI is InChI=1S/C38H48N4O7/c39-32-5-1-2-6-33(32)41-36(45)8-4-3-7-35(44)40-24-27-9-15-30(16-10-27)37-48-31(23-34(49-37)29-13-11-28(26-43)12-14-29)25-42-19-17-38(18-20-42)46-21-22-47-38/h1-2,5-6,9-16,31,34,37,43H,3-4,7-8,17-26,39H2,(H,40,44)(H,41,45)/t31-,34+,37+/m0/s1. The van der Waals surface area contributed by atoms with Gasteiger partial charge in [0.25, 0.3) is 0 Å². The molecule has 49 heavy (non-hydrogen) atoms. The zero-order valence-corrected chi connectivity index (χ0v) is 28.0. The van der Waals surface area contributed by atoms with Crippen LogP contribution in [0.5, 0.6) is 0 Å². The normalized spacial score (nSPS) is 22.2. The molecule has 0 unspecified atom stereocenters. The molecule has 6 rings (SSSR count). The number of hydrogen-bond acceptors (Lipinski definition) is 9. The molecule has 1 spiro atoms. The fourth-order valence-electron chi connectivity index (χ4n) is 6.66. The smallest absolute Gasteiger partial charge is 0.224 e. The van der Waals surface area contributed by atoms with E-state index in [1.54, 1.807) is 12.1 Å². The Labute approximate surface area is 288 Å². The second-order valence-corrected chi connectivity index (χ2v) is 13.1. The topological polar surface area (TPSA) is 145 Å². The van der Waals surface area contributed by atoms with E-state index in [-0.39, 0.29) is 30.6 Å². The van der Waals surface area contributed by atoms with E-state index < -0.39 is 12.1 Å². The third-order valence-electron chi connectivity index (χ3n) is 9.54. The van der Waals surface area contributed by atoms with Crippen molar-refractivity contribution in [1.29, 1.82) is 0 Å². The first kappa shape index (κ1) is 35.0. The fraction of sp³-hybridized carbons (Fsp3) is 0.474. The lowest BCUT2D eigenvalue weighted by atomic mass is 9.98. The number of aliphatic hydroxyl groups is 1. The maximum absolute atomic E-state index is 12.5. The summed E-state index contributed by atoms with van der Waals surface area (Å²) in [5.41, 5.74) is 10.8. The van der Waals surface area contributed by atoms with Crippen LogP contribution in [0.3, 0.4) is 0 Å². The maximum atomic E-state index is 12.5. The molecule has 3 aromatic rings. The van der Waals surface area contributed by atoms with Gasteiger partial charge in [-0.05, 0) is 41.7 Å². The number of anilines is 2. The van der Waals surface area contributed by atoms with Crippen LogP contribution in [0.25, 0.3) is 0 Å². The number of hydrogen-bond donors (Lipinski definition) is 4. The summed E-state index contributed by atoms with van der Waals surface area (Å²) in [5.74, 6) is -0.580. The monoisotopic (exact) mass is 672 g/mol. The number of rotatable bonds is 13. The number of aliphatic hydroxyl groups excluding tert-OH is 1. The molecule has 3 heterocycles. The van der Waals surface area contributed by atoms with E-state index >= 15 is 0 Å². The van der Waals surface area contributed by atoms with Gasteiger partial charge in [0.15, 0.2) is 12.1 Å². The Morgan fingerprint density at radius 3 is 2.18 bits per heavy atom. The summed E-state index contributed by atoms with van der Waals surface area (Å²) in [6.45, 7) is 4.31. The third kappa shape index (κ3) is 9.66. The number of benzene rings is 3. The average molecular weight is 673 g/mol. The first-order valence-corrected chi connectivity index (χ1v) is 17.4. The van der Waals surface area contributed by atoms with E-state index in [1.807, 2.05) is 60.7 Å². The van der Waals surface area contributed by atoms with Crippen LogP contribution < -0.4 is 16.4 Å². The minimum atomic E-state index is -0.543. The Kier molecular flexibility index (Phi) is 11.9. The highest BCUT2D eigenvalue weighted by Gasteiger charge is 2.41. The van der Waals surface area contributed by atoms with Gasteiger partial charge in [0, 0.05) is 63.8 Å². The largest absolute Gasteiger partial charge is 0.397 e. The van der Waals surface area contributed by atoms with Gasteiger partial charge in [0.2, 0.25) is 11.8 Å². The number of carbonyl (C=O) groups excluding carboxylic acids is 2. The van der Waals surface area contributed by atoms with E-state index in [9.17, 15) is 14.7 Å². The van der Waals surface area contributed by atoms with Gasteiger partial charge in [-0.25, -0.2) is 0 Å². The van der Waals surface area contributed by atoms with Gasteiger partial charge in [-0.2, -0.15) is 0 Å². The fourth-order valence-corrected chi connectivity index (χ4v) is 6.66. The summed E-state index contributed by atoms with van der Waals surface area (Å²) < 4.78 is 24.9. The number of unbranched alkanes of at least 4 members (excludes halogenated alkanes) is 1. The van der Waals surface area contributed by atoms with Gasteiger partial charge in [-0.15, -0.1) is 0 Å². The molecule has 0 radical (unpaired) electrons. The Morgan fingerprint density at radius 1 is 0.837 bits per heavy atom. The molecular weight excluding hydrogens is 624 g/mol. The molecule has 11 nitrogen and oxygen atoms in total. The minimum Gasteiger partial charge on any atom is -0.397 e. The van der Waals surface area contributed by atoms with Crippen molar-refractivity contribution in [2.75, 3.05) is 43.9 Å². The predicted molar refractivity (Wildman–Crippen MR) is 185 cm³/mol. The number of nitrogens with one attached hydrogen (secondary N) is 2. The summed E-state index contributed by atoms with van der Waals surface area (Å²) in [6, 6.07) is 23.0. The van der Waals surface area contributed by atoms with Crippen molar-refractivity contribution in [3.05, 3.63) is 95.1 Å². The summed E-state index contributed by atoms with van der Waals surface area (Å²) in [4.78, 5) is 27.1. The van der Waals surface area contributed by atoms with Crippen LogP contribution in [0.2, 0.25) is 0 Å². The number of nitrogens with zero attached hydrogens (tertiary/aromatic N) is 1. The molecule has 0 saturated carbocycles. The summed E-state index contributed by atoms with van der Waals surface area (Å²) in [5, 5.41) is 15.3. The molecule has 0 bridgehead atoms. The SMILES string of the molecule is Nc1ccccc1NC(=O)CCCCC(=O)NCc1ccc([C@@H]2O[C@H](CN3CCC4(CC3)OCCO4)C[C@H](c3ccc(CO)cc3)O2)cc1. The third-order valence-corrected chi connectivity index (χ3v) is 9.54. The van der Waals surface area contributed by atoms with E-state index in [1.165, 1.54) is 0 Å². The molecule has 3 saturated heterocycles. The maximum Gasteiger partial charge on any atom is 0.224 e. The van der Waals surface area contributed by atoms with Crippen LogP contribution >= 0.6 is 0 Å². The number of likely N-dealkylation sites (tertiary alicyclic amines) is 1. The molecular formula is C38H48N4O7. The number of nitrogen functional groups attached to an aromatic ring is 1. The number of amides is 2. The first-order valence-electron chi connectivity index (χ1n) is 17.4. The van der Waals surface area contributed by atoms with Crippen LogP contribution in [0, 0.1) is 0 Å². The van der Waals surface area contributed by atoms with Crippen LogP contribution in [-0.2, 0) is 41.7 Å². The summed E-state index contributed by atoms with van der Waals surface area (Å²) in [6.07, 6.45) is 3.59. The van der Waals surface area contributed by atoms with Crippen molar-refractivity contribution >= 4 is 23.2 Å². The zero-order valence-electron chi connectivity index (χ0n) is 28.0. The lowest BCUT2D eigenvalue weighted by Gasteiger charge is -2.41. The average Bonchev–Trinajstić information content (AvgIpc) is 3.59. The molecule has 262 valence electrons. The Balaban J connectivity index is 0.985. The van der Waals surface area contributed by atoms with E-state index in [4.69, 9.17) is 24.7 Å². The zero-order chi connectivity index (χ0) is 34.1. The number of ether oxygens (including phenoxy) is 4. The highest BCUT2D eigenvalue weighted by Crippen LogP contribution is 2.39. The summed E-state index contributed by atoms with van der Waals surface area (Å²) in [7, 11) is 0. The van der Waals surface area contributed by atoms with Gasteiger partial charge in [-0.1, -0.05) is 60.7 Å². The predicted octanol–water partition coefficient (Wildman–Crippen LogP) is 4.96. The lowest BCUT2D eigenvalue weighted by molar-refractivity contribution is -0.255. The second kappa shape index (κ2) is 16.7. The van der Waals surface area contributed by atoms with Crippen LogP contribution in [-0.4, -0.2) is 66.6 Å². The van der Waals surface area contributed by atoms with Crippen molar-refractivity contribution in [3.63, 3.8) is 0 Å². The van der Waals surface area contributed by atoms with Crippen molar-refractivity contribution in [1.82, 2.24) is 10.2 Å². The van der Waals surface area contributed by atoms with Gasteiger partial charge in [0.05, 0.1) is 43.4 Å². The van der Waals surface area contributed by atoms with E-state index in [2.05, 4.69) is 15.5 Å². The molecule has 5 N–H and O–H groups in total. The molecule has 3 aromatic carbocycles. The van der Waals surface area contributed by atoms with Crippen molar-refractivity contribution < 1.29 is 33.6 Å². The Hall–Kier alpha value is -3.84. The number of para-hydroxylation sites is 2. The van der Waals surface area contributed by atoms with Crippen molar-refractivity contribution in [2.45, 2.75) is 82.4 Å². The molecule has 0 aromatic heterocycles.